The van der Waals surface area contributed by atoms with Crippen LogP contribution in [0, 0.1) is 23.2 Å². The summed E-state index contributed by atoms with van der Waals surface area (Å²) in [5, 5.41) is 11.9. The van der Waals surface area contributed by atoms with Gasteiger partial charge in [-0.25, -0.2) is 8.78 Å². The van der Waals surface area contributed by atoms with Crippen molar-refractivity contribution in [2.75, 3.05) is 13.1 Å². The highest BCUT2D eigenvalue weighted by atomic mass is 35.5. The second-order valence-corrected chi connectivity index (χ2v) is 7.03. The number of carbonyl (C=O) groups is 2. The first kappa shape index (κ1) is 21.2. The Labute approximate surface area is 176 Å². The molecule has 6 nitrogen and oxygen atoms in total. The zero-order chi connectivity index (χ0) is 21.7. The summed E-state index contributed by atoms with van der Waals surface area (Å²) in [6.45, 7) is -1.36. The maximum Gasteiger partial charge on any atom is 0.268 e. The van der Waals surface area contributed by atoms with Crippen molar-refractivity contribution in [2.45, 2.75) is 18.4 Å². The zero-order valence-electron chi connectivity index (χ0n) is 15.5. The zero-order valence-corrected chi connectivity index (χ0v) is 16.3. The summed E-state index contributed by atoms with van der Waals surface area (Å²) in [7, 11) is 0. The molecule has 2 aromatic rings. The van der Waals surface area contributed by atoms with Gasteiger partial charge in [0.15, 0.2) is 0 Å². The fourth-order valence-corrected chi connectivity index (χ4v) is 3.14. The topological polar surface area (TPSA) is 86.1 Å². The van der Waals surface area contributed by atoms with E-state index in [1.165, 1.54) is 18.5 Å². The molecule has 1 aliphatic rings. The van der Waals surface area contributed by atoms with Crippen LogP contribution in [0.5, 0.6) is 0 Å². The van der Waals surface area contributed by atoms with E-state index in [1.54, 1.807) is 30.3 Å². The quantitative estimate of drug-likeness (QED) is 0.761. The van der Waals surface area contributed by atoms with Crippen molar-refractivity contribution in [3.63, 3.8) is 0 Å². The van der Waals surface area contributed by atoms with Gasteiger partial charge in [-0.1, -0.05) is 29.5 Å². The van der Waals surface area contributed by atoms with Gasteiger partial charge in [0.05, 0.1) is 30.3 Å². The van der Waals surface area contributed by atoms with Crippen LogP contribution in [0.3, 0.4) is 0 Å². The summed E-state index contributed by atoms with van der Waals surface area (Å²) in [5.41, 5.74) is 1.14. The molecule has 0 aliphatic carbocycles. The summed E-state index contributed by atoms with van der Waals surface area (Å²) in [6, 6.07) is 8.78. The Morgan fingerprint density at radius 1 is 1.33 bits per heavy atom. The van der Waals surface area contributed by atoms with Gasteiger partial charge in [-0.05, 0) is 24.3 Å². The van der Waals surface area contributed by atoms with Crippen molar-refractivity contribution in [1.82, 2.24) is 15.2 Å². The number of benzene rings is 1. The van der Waals surface area contributed by atoms with Crippen LogP contribution in [0.4, 0.5) is 8.78 Å². The first-order valence-corrected chi connectivity index (χ1v) is 9.23. The number of halogens is 3. The Hall–Kier alpha value is -3.49. The molecule has 9 heteroatoms. The van der Waals surface area contributed by atoms with Gasteiger partial charge < -0.3 is 10.2 Å². The van der Waals surface area contributed by atoms with E-state index in [2.05, 4.69) is 22.1 Å². The number of likely N-dealkylation sites (tertiary alicyclic amines) is 1. The monoisotopic (exact) mass is 428 g/mol. The molecule has 0 spiro atoms. The van der Waals surface area contributed by atoms with E-state index in [9.17, 15) is 18.4 Å². The summed E-state index contributed by atoms with van der Waals surface area (Å²) >= 11 is 5.92. The predicted molar refractivity (Wildman–Crippen MR) is 105 cm³/mol. The van der Waals surface area contributed by atoms with Gasteiger partial charge in [0.1, 0.15) is 6.04 Å². The predicted octanol–water partition coefficient (Wildman–Crippen LogP) is 2.62. The summed E-state index contributed by atoms with van der Waals surface area (Å²) in [4.78, 5) is 29.5. The van der Waals surface area contributed by atoms with Crippen LogP contribution in [-0.2, 0) is 4.79 Å². The van der Waals surface area contributed by atoms with Crippen LogP contribution in [-0.4, -0.2) is 46.8 Å². The fraction of sp³-hybridized carbons (Fsp3) is 0.238. The van der Waals surface area contributed by atoms with E-state index in [0.717, 1.165) is 4.90 Å². The number of carbonyl (C=O) groups excluding carboxylic acids is 2. The highest BCUT2D eigenvalue weighted by Gasteiger charge is 2.47. The van der Waals surface area contributed by atoms with Crippen molar-refractivity contribution in [1.29, 1.82) is 5.26 Å². The normalized spacial score (nSPS) is 16.9. The third-order valence-electron chi connectivity index (χ3n) is 4.37. The Morgan fingerprint density at radius 3 is 2.87 bits per heavy atom. The average Bonchev–Trinajstić information content (AvgIpc) is 3.05. The molecule has 1 saturated heterocycles. The number of pyridine rings is 1. The van der Waals surface area contributed by atoms with Gasteiger partial charge in [0.25, 0.3) is 11.8 Å². The molecule has 152 valence electrons. The van der Waals surface area contributed by atoms with Gasteiger partial charge in [-0.2, -0.15) is 5.26 Å². The standard InChI is InChI=1S/C21H15ClF2N4O2/c22-16-3-1-2-14(8-16)4-5-15-11-26-7-6-18(15)20(30)27-12-19(29)28-13-21(23,24)9-17(28)10-25/h1-3,6-8,11,17H,9,12-13H2,(H,27,30)/t17-/m0/s1. The smallest absolute Gasteiger partial charge is 0.268 e. The molecule has 1 aromatic heterocycles. The lowest BCUT2D eigenvalue weighted by Gasteiger charge is -2.19. The number of aromatic nitrogens is 1. The Morgan fingerprint density at radius 2 is 2.13 bits per heavy atom. The number of hydrogen-bond donors (Lipinski definition) is 1. The molecular formula is C21H15ClF2N4O2. The highest BCUT2D eigenvalue weighted by Crippen LogP contribution is 2.31. The molecule has 0 saturated carbocycles. The average molecular weight is 429 g/mol. The van der Waals surface area contributed by atoms with E-state index in [1.807, 2.05) is 0 Å². The number of amides is 2. The van der Waals surface area contributed by atoms with Crippen LogP contribution in [0.25, 0.3) is 0 Å². The summed E-state index contributed by atoms with van der Waals surface area (Å²) in [5.74, 6) is 1.23. The summed E-state index contributed by atoms with van der Waals surface area (Å²) in [6.07, 6.45) is 2.09. The minimum absolute atomic E-state index is 0.177. The number of alkyl halides is 2. The van der Waals surface area contributed by atoms with Gasteiger partial charge in [-0.3, -0.25) is 14.6 Å². The highest BCUT2D eigenvalue weighted by molar-refractivity contribution is 6.30. The molecule has 2 amide bonds. The second kappa shape index (κ2) is 8.89. The molecule has 2 heterocycles. The van der Waals surface area contributed by atoms with Crippen LogP contribution >= 0.6 is 11.6 Å². The molecule has 3 rings (SSSR count). The number of nitrogens with zero attached hydrogens (tertiary/aromatic N) is 3. The molecule has 1 aromatic carbocycles. The summed E-state index contributed by atoms with van der Waals surface area (Å²) < 4.78 is 27.0. The van der Waals surface area contributed by atoms with Gasteiger partial charge in [-0.15, -0.1) is 0 Å². The molecule has 0 unspecified atom stereocenters. The number of hydrogen-bond acceptors (Lipinski definition) is 4. The molecule has 1 aliphatic heterocycles. The van der Waals surface area contributed by atoms with Crippen molar-refractivity contribution in [2.24, 2.45) is 0 Å². The van der Waals surface area contributed by atoms with Gasteiger partial charge >= 0.3 is 0 Å². The van der Waals surface area contributed by atoms with E-state index < -0.39 is 43.3 Å². The third-order valence-corrected chi connectivity index (χ3v) is 4.61. The lowest BCUT2D eigenvalue weighted by molar-refractivity contribution is -0.131. The largest absolute Gasteiger partial charge is 0.343 e. The molecule has 30 heavy (non-hydrogen) atoms. The fourth-order valence-electron chi connectivity index (χ4n) is 2.94. The molecule has 0 radical (unpaired) electrons. The van der Waals surface area contributed by atoms with Gasteiger partial charge in [0, 0.05) is 29.4 Å². The van der Waals surface area contributed by atoms with Gasteiger partial charge in [0.2, 0.25) is 5.91 Å². The minimum Gasteiger partial charge on any atom is -0.343 e. The van der Waals surface area contributed by atoms with E-state index in [4.69, 9.17) is 16.9 Å². The molecule has 1 N–H and O–H groups in total. The van der Waals surface area contributed by atoms with Crippen molar-refractivity contribution in [3.05, 3.63) is 64.4 Å². The Balaban J connectivity index is 1.70. The lowest BCUT2D eigenvalue weighted by atomic mass is 10.1. The second-order valence-electron chi connectivity index (χ2n) is 6.59. The number of nitrogens with one attached hydrogen (secondary N) is 1. The van der Waals surface area contributed by atoms with Crippen LogP contribution in [0.1, 0.15) is 27.9 Å². The Kier molecular flexibility index (Phi) is 6.29. The molecule has 1 fully saturated rings. The molecule has 1 atom stereocenters. The van der Waals surface area contributed by atoms with E-state index >= 15 is 0 Å². The lowest BCUT2D eigenvalue weighted by Crippen LogP contribution is -2.43. The number of rotatable bonds is 3. The molecule has 0 bridgehead atoms. The first-order valence-electron chi connectivity index (χ1n) is 8.86. The number of nitriles is 1. The maximum atomic E-state index is 13.5. The van der Waals surface area contributed by atoms with Crippen molar-refractivity contribution < 1.29 is 18.4 Å². The van der Waals surface area contributed by atoms with E-state index in [0.29, 0.717) is 16.1 Å². The Bertz CT molecular complexity index is 1090. The van der Waals surface area contributed by atoms with Crippen molar-refractivity contribution >= 4 is 23.4 Å². The van der Waals surface area contributed by atoms with Crippen LogP contribution < -0.4 is 5.32 Å². The maximum absolute atomic E-state index is 13.5. The van der Waals surface area contributed by atoms with Crippen LogP contribution in [0.15, 0.2) is 42.7 Å². The first-order chi connectivity index (χ1) is 14.3. The minimum atomic E-state index is -3.12. The van der Waals surface area contributed by atoms with E-state index in [-0.39, 0.29) is 5.56 Å². The third kappa shape index (κ3) is 5.11. The SMILES string of the molecule is N#C[C@@H]1CC(F)(F)CN1C(=O)CNC(=O)c1ccncc1C#Cc1cccc(Cl)c1. The van der Waals surface area contributed by atoms with Crippen molar-refractivity contribution in [3.8, 4) is 17.9 Å². The molecular weight excluding hydrogens is 414 g/mol. The van der Waals surface area contributed by atoms with Crippen LogP contribution in [0.2, 0.25) is 5.02 Å².